The highest BCUT2D eigenvalue weighted by Crippen LogP contribution is 2.46. The fourth-order valence-electron chi connectivity index (χ4n) is 3.02. The zero-order chi connectivity index (χ0) is 13.2. The van der Waals surface area contributed by atoms with Crippen molar-refractivity contribution in [3.63, 3.8) is 0 Å². The van der Waals surface area contributed by atoms with Crippen molar-refractivity contribution < 1.29 is 19.1 Å². The van der Waals surface area contributed by atoms with E-state index in [0.29, 0.717) is 16.7 Å². The van der Waals surface area contributed by atoms with Gasteiger partial charge >= 0.3 is 5.97 Å². The van der Waals surface area contributed by atoms with Gasteiger partial charge in [0, 0.05) is 23.5 Å². The number of methoxy groups -OCH3 is 1. The maximum atomic E-state index is 11.9. The number of ether oxygens (including phenoxy) is 1. The lowest BCUT2D eigenvalue weighted by molar-refractivity contribution is 0.0596. The first kappa shape index (κ1) is 11.1. The fourth-order valence-corrected chi connectivity index (χ4v) is 3.02. The van der Waals surface area contributed by atoms with Crippen LogP contribution in [0.15, 0.2) is 0 Å². The first-order valence-corrected chi connectivity index (χ1v) is 5.84. The highest BCUT2D eigenvalue weighted by atomic mass is 16.5. The maximum Gasteiger partial charge on any atom is 0.338 e. The summed E-state index contributed by atoms with van der Waals surface area (Å²) in [6.07, 6.45) is 0.273. The summed E-state index contributed by atoms with van der Waals surface area (Å²) in [7, 11) is 1.31. The van der Waals surface area contributed by atoms with Crippen LogP contribution in [0.2, 0.25) is 0 Å². The predicted octanol–water partition coefficient (Wildman–Crippen LogP) is 1.82. The number of esters is 1. The summed E-state index contributed by atoms with van der Waals surface area (Å²) < 4.78 is 4.77. The molecule has 0 fully saturated rings. The van der Waals surface area contributed by atoms with Crippen LogP contribution in [0, 0.1) is 6.92 Å². The number of ketones is 2. The van der Waals surface area contributed by atoms with Gasteiger partial charge in [-0.3, -0.25) is 9.59 Å². The second-order valence-electron chi connectivity index (χ2n) is 4.82. The van der Waals surface area contributed by atoms with Gasteiger partial charge in [-0.15, -0.1) is 0 Å². The highest BCUT2D eigenvalue weighted by Gasteiger charge is 2.45. The van der Waals surface area contributed by atoms with Gasteiger partial charge in [0.1, 0.15) is 0 Å². The van der Waals surface area contributed by atoms with Crippen molar-refractivity contribution in [2.75, 3.05) is 7.11 Å². The summed E-state index contributed by atoms with van der Waals surface area (Å²) in [4.78, 5) is 35.3. The first-order valence-electron chi connectivity index (χ1n) is 5.84. The molecule has 1 aromatic carbocycles. The topological polar surface area (TPSA) is 60.4 Å². The van der Waals surface area contributed by atoms with Crippen LogP contribution in [0.3, 0.4) is 0 Å². The molecule has 0 unspecified atom stereocenters. The highest BCUT2D eigenvalue weighted by molar-refractivity contribution is 6.21. The van der Waals surface area contributed by atoms with Crippen molar-refractivity contribution in [1.29, 1.82) is 0 Å². The van der Waals surface area contributed by atoms with E-state index in [0.717, 1.165) is 16.7 Å². The zero-order valence-electron chi connectivity index (χ0n) is 10.4. The Morgan fingerprint density at radius 3 is 2.50 bits per heavy atom. The van der Waals surface area contributed by atoms with E-state index >= 15 is 0 Å². The zero-order valence-corrected chi connectivity index (χ0v) is 10.4. The standard InChI is InChI=1S/C14H12O4/c1-5-9-7(4-8(9)15)12(14(17)18-3)10-6(2)13(16)11(5)10/h6H,4H2,1-3H3/t6-/m1/s1. The molecule has 1 atom stereocenters. The van der Waals surface area contributed by atoms with Crippen molar-refractivity contribution in [1.82, 2.24) is 0 Å². The number of hydrogen-bond donors (Lipinski definition) is 0. The predicted molar refractivity (Wildman–Crippen MR) is 63.3 cm³/mol. The molecular weight excluding hydrogens is 232 g/mol. The Kier molecular flexibility index (Phi) is 2.03. The summed E-state index contributed by atoms with van der Waals surface area (Å²) in [6, 6.07) is 0. The Hall–Kier alpha value is -1.97. The summed E-state index contributed by atoms with van der Waals surface area (Å²) >= 11 is 0. The van der Waals surface area contributed by atoms with E-state index < -0.39 is 5.97 Å². The normalized spacial score (nSPS) is 19.6. The average Bonchev–Trinajstić information content (AvgIpc) is 2.34. The molecule has 0 aromatic heterocycles. The quantitative estimate of drug-likeness (QED) is 0.707. The maximum absolute atomic E-state index is 11.9. The van der Waals surface area contributed by atoms with Crippen LogP contribution in [0.5, 0.6) is 0 Å². The molecule has 4 heteroatoms. The van der Waals surface area contributed by atoms with Crippen LogP contribution in [0.1, 0.15) is 60.6 Å². The first-order chi connectivity index (χ1) is 8.49. The number of benzene rings is 1. The summed E-state index contributed by atoms with van der Waals surface area (Å²) in [5, 5.41) is 0. The van der Waals surface area contributed by atoms with Crippen LogP contribution in [0.25, 0.3) is 0 Å². The Morgan fingerprint density at radius 2 is 1.94 bits per heavy atom. The smallest absolute Gasteiger partial charge is 0.338 e. The lowest BCUT2D eigenvalue weighted by Crippen LogP contribution is -2.36. The molecule has 0 spiro atoms. The summed E-state index contributed by atoms with van der Waals surface area (Å²) in [5.41, 5.74) is 3.79. The molecule has 2 aliphatic carbocycles. The van der Waals surface area contributed by atoms with E-state index in [-0.39, 0.29) is 23.9 Å². The van der Waals surface area contributed by atoms with Crippen molar-refractivity contribution in [3.05, 3.63) is 33.4 Å². The van der Waals surface area contributed by atoms with Gasteiger partial charge in [0.05, 0.1) is 12.7 Å². The van der Waals surface area contributed by atoms with Crippen molar-refractivity contribution in [3.8, 4) is 0 Å². The average molecular weight is 244 g/mol. The Labute approximate surface area is 104 Å². The molecule has 0 heterocycles. The van der Waals surface area contributed by atoms with Gasteiger partial charge in [0.2, 0.25) is 0 Å². The van der Waals surface area contributed by atoms with Crippen LogP contribution in [0.4, 0.5) is 0 Å². The molecule has 1 aromatic rings. The molecule has 0 aliphatic heterocycles. The number of fused-ring (bicyclic) bond motifs is 2. The van der Waals surface area contributed by atoms with Gasteiger partial charge in [-0.25, -0.2) is 4.79 Å². The second kappa shape index (κ2) is 3.28. The Morgan fingerprint density at radius 1 is 1.28 bits per heavy atom. The second-order valence-corrected chi connectivity index (χ2v) is 4.82. The molecule has 2 aliphatic rings. The van der Waals surface area contributed by atoms with Crippen molar-refractivity contribution in [2.24, 2.45) is 0 Å². The molecule has 92 valence electrons. The van der Waals surface area contributed by atoms with Crippen LogP contribution >= 0.6 is 0 Å². The molecule has 0 bridgehead atoms. The van der Waals surface area contributed by atoms with Gasteiger partial charge in [-0.2, -0.15) is 0 Å². The third-order valence-corrected chi connectivity index (χ3v) is 3.97. The van der Waals surface area contributed by atoms with Gasteiger partial charge < -0.3 is 4.74 Å². The van der Waals surface area contributed by atoms with Crippen molar-refractivity contribution in [2.45, 2.75) is 26.2 Å². The molecular formula is C14H12O4. The third kappa shape index (κ3) is 1.03. The molecule has 0 amide bonds. The monoisotopic (exact) mass is 244 g/mol. The lowest BCUT2D eigenvalue weighted by atomic mass is 9.65. The van der Waals surface area contributed by atoms with E-state index in [4.69, 9.17) is 4.74 Å². The van der Waals surface area contributed by atoms with Gasteiger partial charge in [-0.1, -0.05) is 6.92 Å². The minimum absolute atomic E-state index is 0.00260. The van der Waals surface area contributed by atoms with Crippen LogP contribution in [-0.2, 0) is 11.2 Å². The minimum Gasteiger partial charge on any atom is -0.465 e. The number of hydrogen-bond acceptors (Lipinski definition) is 4. The number of carbonyl (C=O) groups is 3. The largest absolute Gasteiger partial charge is 0.465 e. The summed E-state index contributed by atoms with van der Waals surface area (Å²) in [5.74, 6) is -0.707. The number of carbonyl (C=O) groups excluding carboxylic acids is 3. The third-order valence-electron chi connectivity index (χ3n) is 3.97. The molecule has 0 radical (unpaired) electrons. The van der Waals surface area contributed by atoms with Crippen molar-refractivity contribution >= 4 is 17.5 Å². The molecule has 0 N–H and O–H groups in total. The van der Waals surface area contributed by atoms with Gasteiger partial charge in [-0.05, 0) is 23.6 Å². The van der Waals surface area contributed by atoms with Crippen LogP contribution < -0.4 is 0 Å². The fraction of sp³-hybridized carbons (Fsp3) is 0.357. The SMILES string of the molecule is COC(=O)c1c2c(c(C)c3c1[C@@H](C)C3=O)C(=O)C2. The van der Waals surface area contributed by atoms with E-state index in [1.165, 1.54) is 7.11 Å². The van der Waals surface area contributed by atoms with Gasteiger partial charge in [0.15, 0.2) is 11.6 Å². The molecule has 4 nitrogen and oxygen atoms in total. The van der Waals surface area contributed by atoms with E-state index in [1.54, 1.807) is 13.8 Å². The lowest BCUT2D eigenvalue weighted by Gasteiger charge is -2.35. The van der Waals surface area contributed by atoms with Crippen LogP contribution in [-0.4, -0.2) is 24.6 Å². The molecule has 3 rings (SSSR count). The van der Waals surface area contributed by atoms with E-state index in [1.807, 2.05) is 0 Å². The summed E-state index contributed by atoms with van der Waals surface area (Å²) in [6.45, 7) is 3.56. The van der Waals surface area contributed by atoms with Gasteiger partial charge in [0.25, 0.3) is 0 Å². The Balaban J connectivity index is 2.37. The Bertz CT molecular complexity index is 640. The number of Topliss-reactive ketones (excluding diaryl/α,β-unsaturated/α-hetero) is 2. The minimum atomic E-state index is -0.450. The van der Waals surface area contributed by atoms with E-state index in [9.17, 15) is 14.4 Å². The van der Waals surface area contributed by atoms with E-state index in [2.05, 4.69) is 0 Å². The molecule has 0 saturated carbocycles. The number of rotatable bonds is 1. The molecule has 18 heavy (non-hydrogen) atoms. The molecule has 0 saturated heterocycles.